The number of halogens is 3. The van der Waals surface area contributed by atoms with Gasteiger partial charge in [-0.15, -0.1) is 0 Å². The van der Waals surface area contributed by atoms with Crippen molar-refractivity contribution >= 4 is 10.2 Å². The highest BCUT2D eigenvalue weighted by Crippen LogP contribution is 2.32. The van der Waals surface area contributed by atoms with E-state index in [4.69, 9.17) is 0 Å². The van der Waals surface area contributed by atoms with Crippen LogP contribution < -0.4 is 10.3 Å². The lowest BCUT2D eigenvalue weighted by Crippen LogP contribution is -2.21. The Bertz CT molecular complexity index is 1010. The summed E-state index contributed by atoms with van der Waals surface area (Å²) in [7, 11) is -3.67. The van der Waals surface area contributed by atoms with Crippen LogP contribution in [0.15, 0.2) is 54.9 Å². The maximum absolute atomic E-state index is 13.0. The SMILES string of the molecule is Cc1ccnc(-c2nc(C(F)(F)F)cn2-c2ccccc2)c1.NS(N)(=O)=O. The summed E-state index contributed by atoms with van der Waals surface area (Å²) in [5.41, 5.74) is 0.971. The van der Waals surface area contributed by atoms with E-state index < -0.39 is 22.1 Å². The lowest BCUT2D eigenvalue weighted by atomic mass is 10.2. The molecule has 0 aliphatic heterocycles. The maximum atomic E-state index is 13.0. The van der Waals surface area contributed by atoms with E-state index in [0.717, 1.165) is 11.8 Å². The van der Waals surface area contributed by atoms with Crippen molar-refractivity contribution in [1.29, 1.82) is 0 Å². The minimum Gasteiger partial charge on any atom is -0.298 e. The molecule has 3 aromatic rings. The molecule has 2 aromatic heterocycles. The third kappa shape index (κ3) is 6.16. The van der Waals surface area contributed by atoms with Gasteiger partial charge >= 0.3 is 6.18 Å². The van der Waals surface area contributed by atoms with E-state index in [-0.39, 0.29) is 5.82 Å². The first-order valence-electron chi connectivity index (χ1n) is 7.40. The number of imidazole rings is 1. The van der Waals surface area contributed by atoms with Crippen LogP contribution in [-0.4, -0.2) is 23.0 Å². The standard InChI is InChI=1S/C16H12F3N3.H4N2O2S/c1-11-7-8-20-13(9-11)15-21-14(16(17,18)19)10-22(15)12-5-3-2-4-6-12;1-5(2,3)4/h2-10H,1H3;(H4,1,2,3,4). The van der Waals surface area contributed by atoms with Crippen LogP contribution >= 0.6 is 0 Å². The van der Waals surface area contributed by atoms with Crippen LogP contribution in [0.3, 0.4) is 0 Å². The van der Waals surface area contributed by atoms with E-state index in [2.05, 4.69) is 20.2 Å². The highest BCUT2D eigenvalue weighted by molar-refractivity contribution is 7.86. The van der Waals surface area contributed by atoms with Gasteiger partial charge < -0.3 is 0 Å². The van der Waals surface area contributed by atoms with Crippen molar-refractivity contribution in [1.82, 2.24) is 14.5 Å². The van der Waals surface area contributed by atoms with E-state index >= 15 is 0 Å². The normalized spacial score (nSPS) is 11.6. The van der Waals surface area contributed by atoms with Crippen LogP contribution in [0.25, 0.3) is 17.2 Å². The lowest BCUT2D eigenvalue weighted by molar-refractivity contribution is -0.140. The van der Waals surface area contributed by atoms with E-state index in [9.17, 15) is 21.6 Å². The molecule has 4 N–H and O–H groups in total. The molecular weight excluding hydrogens is 383 g/mol. The summed E-state index contributed by atoms with van der Waals surface area (Å²) in [5, 5.41) is 8.21. The zero-order chi connectivity index (χ0) is 20.2. The van der Waals surface area contributed by atoms with Gasteiger partial charge in [-0.3, -0.25) is 9.55 Å². The Labute approximate surface area is 153 Å². The zero-order valence-corrected chi connectivity index (χ0v) is 14.9. The Hall–Kier alpha value is -2.76. The fraction of sp³-hybridized carbons (Fsp3) is 0.125. The molecule has 3 rings (SSSR count). The van der Waals surface area contributed by atoms with Gasteiger partial charge in [-0.25, -0.2) is 15.3 Å². The number of hydrogen-bond acceptors (Lipinski definition) is 4. The maximum Gasteiger partial charge on any atom is 0.434 e. The Kier molecular flexibility index (Phi) is 5.98. The summed E-state index contributed by atoms with van der Waals surface area (Å²) in [6.45, 7) is 1.85. The van der Waals surface area contributed by atoms with E-state index in [0.29, 0.717) is 11.4 Å². The number of pyridine rings is 1. The molecule has 0 atom stereocenters. The Morgan fingerprint density at radius 3 is 2.19 bits per heavy atom. The molecule has 144 valence electrons. The van der Waals surface area contributed by atoms with Crippen molar-refractivity contribution in [3.8, 4) is 17.2 Å². The molecule has 11 heteroatoms. The van der Waals surface area contributed by atoms with Crippen molar-refractivity contribution in [3.63, 3.8) is 0 Å². The van der Waals surface area contributed by atoms with Gasteiger partial charge in [0, 0.05) is 18.1 Å². The van der Waals surface area contributed by atoms with Crippen molar-refractivity contribution < 1.29 is 21.6 Å². The topological polar surface area (TPSA) is 117 Å². The fourth-order valence-corrected chi connectivity index (χ4v) is 2.14. The smallest absolute Gasteiger partial charge is 0.298 e. The van der Waals surface area contributed by atoms with Crippen LogP contribution in [0.5, 0.6) is 0 Å². The summed E-state index contributed by atoms with van der Waals surface area (Å²) in [4.78, 5) is 7.89. The molecule has 1 aromatic carbocycles. The number of para-hydroxylation sites is 1. The summed E-state index contributed by atoms with van der Waals surface area (Å²) in [6, 6.07) is 12.3. The number of benzene rings is 1. The van der Waals surface area contributed by atoms with Gasteiger partial charge in [0.25, 0.3) is 10.2 Å². The van der Waals surface area contributed by atoms with Gasteiger partial charge in [-0.2, -0.15) is 21.6 Å². The van der Waals surface area contributed by atoms with Crippen molar-refractivity contribution in [3.05, 3.63) is 66.1 Å². The van der Waals surface area contributed by atoms with Crippen LogP contribution in [0.4, 0.5) is 13.2 Å². The summed E-state index contributed by atoms with van der Waals surface area (Å²) in [6.07, 6.45) is -1.95. The molecule has 0 spiro atoms. The Balaban J connectivity index is 0.000000465. The van der Waals surface area contributed by atoms with Gasteiger partial charge in [0.15, 0.2) is 11.5 Å². The number of alkyl halides is 3. The fourth-order valence-electron chi connectivity index (χ4n) is 2.14. The van der Waals surface area contributed by atoms with Crippen LogP contribution in [-0.2, 0) is 16.4 Å². The molecule has 27 heavy (non-hydrogen) atoms. The molecule has 0 aliphatic carbocycles. The number of hydrogen-bond donors (Lipinski definition) is 2. The quantitative estimate of drug-likeness (QED) is 0.688. The highest BCUT2D eigenvalue weighted by atomic mass is 32.2. The third-order valence-corrected chi connectivity index (χ3v) is 3.18. The minimum absolute atomic E-state index is 0.169. The van der Waals surface area contributed by atoms with Gasteiger partial charge in [0.05, 0.1) is 0 Å². The van der Waals surface area contributed by atoms with Crippen LogP contribution in [0.2, 0.25) is 0 Å². The first kappa shape index (κ1) is 20.6. The molecule has 7 nitrogen and oxygen atoms in total. The van der Waals surface area contributed by atoms with E-state index in [1.807, 2.05) is 6.92 Å². The molecule has 0 radical (unpaired) electrons. The van der Waals surface area contributed by atoms with Crippen LogP contribution in [0.1, 0.15) is 11.3 Å². The monoisotopic (exact) mass is 399 g/mol. The van der Waals surface area contributed by atoms with E-state index in [1.165, 1.54) is 4.57 Å². The van der Waals surface area contributed by atoms with Gasteiger partial charge in [0.2, 0.25) is 0 Å². The van der Waals surface area contributed by atoms with Gasteiger partial charge in [-0.1, -0.05) is 18.2 Å². The molecule has 0 aliphatic rings. The number of aryl methyl sites for hydroxylation is 1. The molecular formula is C16H16F3N5O2S. The lowest BCUT2D eigenvalue weighted by Gasteiger charge is -2.07. The van der Waals surface area contributed by atoms with Crippen LogP contribution in [0, 0.1) is 6.92 Å². The number of aromatic nitrogens is 3. The van der Waals surface area contributed by atoms with Crippen molar-refractivity contribution in [2.75, 3.05) is 0 Å². The first-order chi connectivity index (χ1) is 12.4. The second-order valence-corrected chi connectivity index (χ2v) is 6.64. The molecule has 0 unspecified atom stereocenters. The summed E-state index contributed by atoms with van der Waals surface area (Å²) < 4.78 is 58.8. The molecule has 2 heterocycles. The average molecular weight is 399 g/mol. The molecule has 0 amide bonds. The largest absolute Gasteiger partial charge is 0.434 e. The molecule has 0 saturated heterocycles. The number of nitrogens with zero attached hydrogens (tertiary/aromatic N) is 3. The molecule has 0 bridgehead atoms. The average Bonchev–Trinajstić information content (AvgIpc) is 3.00. The predicted molar refractivity (Wildman–Crippen MR) is 93.8 cm³/mol. The first-order valence-corrected chi connectivity index (χ1v) is 9.01. The molecule has 0 saturated carbocycles. The van der Waals surface area contributed by atoms with Crippen molar-refractivity contribution in [2.45, 2.75) is 13.1 Å². The van der Waals surface area contributed by atoms with Gasteiger partial charge in [-0.05, 0) is 36.8 Å². The minimum atomic E-state index is -4.50. The highest BCUT2D eigenvalue weighted by Gasteiger charge is 2.35. The Morgan fingerprint density at radius 1 is 1.07 bits per heavy atom. The van der Waals surface area contributed by atoms with E-state index in [1.54, 1.807) is 48.7 Å². The number of nitrogens with two attached hydrogens (primary N) is 2. The predicted octanol–water partition coefficient (Wildman–Crippen LogP) is 2.41. The zero-order valence-electron chi connectivity index (χ0n) is 14.1. The van der Waals surface area contributed by atoms with Crippen molar-refractivity contribution in [2.24, 2.45) is 10.3 Å². The summed E-state index contributed by atoms with van der Waals surface area (Å²) in [5.74, 6) is 0.169. The second kappa shape index (κ2) is 7.86. The number of rotatable bonds is 2. The summed E-state index contributed by atoms with van der Waals surface area (Å²) >= 11 is 0. The molecule has 0 fully saturated rings. The third-order valence-electron chi connectivity index (χ3n) is 3.18. The Morgan fingerprint density at radius 2 is 1.67 bits per heavy atom. The second-order valence-electron chi connectivity index (χ2n) is 5.46. The van der Waals surface area contributed by atoms with Gasteiger partial charge in [0.1, 0.15) is 5.69 Å².